The molecule has 38 heavy (non-hydrogen) atoms. The Balaban J connectivity index is 1.65. The number of carbonyl (C=O) groups excluding carboxylic acids is 2. The molecule has 0 saturated heterocycles. The van der Waals surface area contributed by atoms with Gasteiger partial charge in [-0.05, 0) is 42.0 Å². The minimum atomic E-state index is -0.558. The third-order valence-corrected chi connectivity index (χ3v) is 6.80. The molecule has 0 amide bonds. The van der Waals surface area contributed by atoms with E-state index in [9.17, 15) is 18.8 Å². The maximum Gasteiger partial charge on any atom is 0.268 e. The predicted molar refractivity (Wildman–Crippen MR) is 143 cm³/mol. The lowest BCUT2D eigenvalue weighted by Gasteiger charge is -2.15. The number of methoxy groups -OCH3 is 1. The van der Waals surface area contributed by atoms with Crippen molar-refractivity contribution in [1.29, 1.82) is 0 Å². The Kier molecular flexibility index (Phi) is 6.75. The number of ether oxygens (including phenoxy) is 1. The van der Waals surface area contributed by atoms with Crippen LogP contribution in [0.2, 0.25) is 10.0 Å². The van der Waals surface area contributed by atoms with Crippen LogP contribution in [0.4, 0.5) is 4.39 Å². The van der Waals surface area contributed by atoms with Crippen LogP contribution >= 0.6 is 23.2 Å². The molecule has 0 aliphatic heterocycles. The molecule has 2 aromatic carbocycles. The Morgan fingerprint density at radius 3 is 2.34 bits per heavy atom. The molecule has 0 fully saturated rings. The summed E-state index contributed by atoms with van der Waals surface area (Å²) < 4.78 is 21.3. The minimum absolute atomic E-state index is 0.0799. The Morgan fingerprint density at radius 2 is 1.61 bits per heavy atom. The number of fused-ring (bicyclic) bond motifs is 1. The molecular formula is C28H16Cl2FN3O4. The Bertz CT molecular complexity index is 1820. The molecule has 0 bridgehead atoms. The molecule has 5 rings (SSSR count). The van der Waals surface area contributed by atoms with Crippen molar-refractivity contribution in [3.63, 3.8) is 0 Å². The van der Waals surface area contributed by atoms with E-state index in [1.54, 1.807) is 42.5 Å². The fourth-order valence-electron chi connectivity index (χ4n) is 4.13. The summed E-state index contributed by atoms with van der Waals surface area (Å²) >= 11 is 13.6. The Labute approximate surface area is 225 Å². The molecule has 0 saturated carbocycles. The van der Waals surface area contributed by atoms with Gasteiger partial charge in [0.05, 0.1) is 34.0 Å². The van der Waals surface area contributed by atoms with Crippen molar-refractivity contribution in [1.82, 2.24) is 14.4 Å². The van der Waals surface area contributed by atoms with Crippen molar-refractivity contribution in [2.75, 3.05) is 7.11 Å². The summed E-state index contributed by atoms with van der Waals surface area (Å²) in [5, 5.41) is 0.496. The molecule has 0 unspecified atom stereocenters. The van der Waals surface area contributed by atoms with E-state index < -0.39 is 11.4 Å². The molecule has 5 aromatic rings. The number of rotatable bonds is 6. The maximum absolute atomic E-state index is 14.9. The highest BCUT2D eigenvalue weighted by Gasteiger charge is 2.19. The maximum atomic E-state index is 14.9. The fraction of sp³-hybridized carbons (Fsp3) is 0.0357. The van der Waals surface area contributed by atoms with Gasteiger partial charge in [-0.15, -0.1) is 0 Å². The number of aldehydes is 2. The second-order valence-corrected chi connectivity index (χ2v) is 8.93. The molecule has 188 valence electrons. The Hall–Kier alpha value is -4.40. The molecule has 10 heteroatoms. The van der Waals surface area contributed by atoms with E-state index in [4.69, 9.17) is 27.9 Å². The summed E-state index contributed by atoms with van der Waals surface area (Å²) in [5.41, 5.74) is 2.59. The number of aromatic nitrogens is 3. The summed E-state index contributed by atoms with van der Waals surface area (Å²) in [7, 11) is 1.41. The smallest absolute Gasteiger partial charge is 0.268 e. The zero-order valence-electron chi connectivity index (χ0n) is 19.6. The van der Waals surface area contributed by atoms with Gasteiger partial charge in [0.15, 0.2) is 12.6 Å². The standard InChI is InChI=1S/C28H16Cl2FN3O4/c1-38-27-16(13-35)5-6-23(33-27)20-4-2-3-19(25(20)29)22-11-18(31)10-21(26(22)30)15-7-8-34-24(9-15)32-12-17(14-36)28(34)37/h2-14H,1H3. The second kappa shape index (κ2) is 10.2. The van der Waals surface area contributed by atoms with E-state index in [-0.39, 0.29) is 32.7 Å². The van der Waals surface area contributed by atoms with Crippen molar-refractivity contribution in [3.05, 3.63) is 104 Å². The summed E-state index contributed by atoms with van der Waals surface area (Å²) in [6.45, 7) is 0. The number of pyridine rings is 2. The van der Waals surface area contributed by atoms with Crippen LogP contribution in [0.15, 0.2) is 71.8 Å². The average Bonchev–Trinajstić information content (AvgIpc) is 2.94. The van der Waals surface area contributed by atoms with Crippen LogP contribution in [-0.4, -0.2) is 34.1 Å². The van der Waals surface area contributed by atoms with Gasteiger partial charge >= 0.3 is 0 Å². The highest BCUT2D eigenvalue weighted by Crippen LogP contribution is 2.43. The third-order valence-electron chi connectivity index (χ3n) is 5.99. The normalized spacial score (nSPS) is 10.9. The molecule has 3 aromatic heterocycles. The lowest BCUT2D eigenvalue weighted by atomic mass is 9.96. The first-order valence-corrected chi connectivity index (χ1v) is 11.9. The summed E-state index contributed by atoms with van der Waals surface area (Å²) in [6, 6.07) is 14.1. The van der Waals surface area contributed by atoms with Crippen LogP contribution in [0.5, 0.6) is 5.88 Å². The van der Waals surface area contributed by atoms with Gasteiger partial charge in [0.25, 0.3) is 5.56 Å². The number of benzene rings is 2. The van der Waals surface area contributed by atoms with Gasteiger partial charge in [-0.2, -0.15) is 0 Å². The zero-order valence-corrected chi connectivity index (χ0v) is 21.1. The van der Waals surface area contributed by atoms with Gasteiger partial charge in [-0.25, -0.2) is 14.4 Å². The van der Waals surface area contributed by atoms with Crippen molar-refractivity contribution >= 4 is 41.4 Å². The van der Waals surface area contributed by atoms with Gasteiger partial charge in [-0.3, -0.25) is 18.8 Å². The van der Waals surface area contributed by atoms with Crippen LogP contribution < -0.4 is 10.3 Å². The average molecular weight is 548 g/mol. The van der Waals surface area contributed by atoms with Crippen molar-refractivity contribution in [2.45, 2.75) is 0 Å². The molecule has 0 aliphatic carbocycles. The molecule has 7 nitrogen and oxygen atoms in total. The van der Waals surface area contributed by atoms with E-state index in [0.29, 0.717) is 46.1 Å². The SMILES string of the molecule is COc1nc(-c2cccc(-c3cc(F)cc(-c4ccn5c(=O)c(C=O)cnc5c4)c3Cl)c2Cl)ccc1C=O. The first-order chi connectivity index (χ1) is 18.4. The lowest BCUT2D eigenvalue weighted by Crippen LogP contribution is -2.18. The lowest BCUT2D eigenvalue weighted by molar-refractivity contribution is 0.111. The van der Waals surface area contributed by atoms with Gasteiger partial charge in [-0.1, -0.05) is 41.4 Å². The summed E-state index contributed by atoms with van der Waals surface area (Å²) in [4.78, 5) is 43.2. The summed E-state index contributed by atoms with van der Waals surface area (Å²) in [6.07, 6.45) is 3.71. The van der Waals surface area contributed by atoms with Gasteiger partial charge in [0.2, 0.25) is 5.88 Å². The number of hydrogen-bond acceptors (Lipinski definition) is 6. The fourth-order valence-corrected chi connectivity index (χ4v) is 4.77. The van der Waals surface area contributed by atoms with E-state index in [0.717, 1.165) is 0 Å². The van der Waals surface area contributed by atoms with Crippen molar-refractivity contribution in [2.24, 2.45) is 0 Å². The molecular weight excluding hydrogens is 532 g/mol. The third kappa shape index (κ3) is 4.34. The number of hydrogen-bond donors (Lipinski definition) is 0. The van der Waals surface area contributed by atoms with Gasteiger partial charge < -0.3 is 4.74 Å². The first kappa shape index (κ1) is 25.3. The van der Waals surface area contributed by atoms with E-state index in [1.807, 2.05) is 0 Å². The van der Waals surface area contributed by atoms with Gasteiger partial charge in [0.1, 0.15) is 11.5 Å². The minimum Gasteiger partial charge on any atom is -0.480 e. The number of halogens is 3. The highest BCUT2D eigenvalue weighted by atomic mass is 35.5. The first-order valence-electron chi connectivity index (χ1n) is 11.1. The van der Waals surface area contributed by atoms with Crippen molar-refractivity contribution < 1.29 is 18.7 Å². The monoisotopic (exact) mass is 547 g/mol. The van der Waals surface area contributed by atoms with E-state index in [2.05, 4.69) is 9.97 Å². The van der Waals surface area contributed by atoms with Crippen LogP contribution in [0.3, 0.4) is 0 Å². The van der Waals surface area contributed by atoms with E-state index in [1.165, 1.54) is 36.0 Å². The van der Waals surface area contributed by atoms with Crippen LogP contribution in [-0.2, 0) is 0 Å². The molecule has 0 atom stereocenters. The molecule has 3 heterocycles. The quantitative estimate of drug-likeness (QED) is 0.236. The largest absolute Gasteiger partial charge is 0.480 e. The highest BCUT2D eigenvalue weighted by molar-refractivity contribution is 6.39. The molecule has 0 radical (unpaired) electrons. The van der Waals surface area contributed by atoms with Gasteiger partial charge in [0, 0.05) is 34.6 Å². The van der Waals surface area contributed by atoms with Crippen LogP contribution in [0, 0.1) is 5.82 Å². The topological polar surface area (TPSA) is 90.6 Å². The predicted octanol–water partition coefficient (Wildman–Crippen LogP) is 6.17. The zero-order chi connectivity index (χ0) is 27.0. The summed E-state index contributed by atoms with van der Waals surface area (Å²) in [5.74, 6) is -0.410. The van der Waals surface area contributed by atoms with Crippen molar-refractivity contribution in [3.8, 4) is 39.4 Å². The van der Waals surface area contributed by atoms with E-state index >= 15 is 0 Å². The van der Waals surface area contributed by atoms with Crippen LogP contribution in [0.25, 0.3) is 39.2 Å². The number of carbonyl (C=O) groups is 2. The molecule has 0 aliphatic rings. The second-order valence-electron chi connectivity index (χ2n) is 8.18. The molecule has 0 spiro atoms. The number of nitrogens with zero attached hydrogens (tertiary/aromatic N) is 3. The van der Waals surface area contributed by atoms with Crippen LogP contribution in [0.1, 0.15) is 20.7 Å². The Morgan fingerprint density at radius 1 is 0.895 bits per heavy atom. The molecule has 0 N–H and O–H groups in total.